The van der Waals surface area contributed by atoms with Crippen LogP contribution in [0.3, 0.4) is 0 Å². The average Bonchev–Trinajstić information content (AvgIpc) is 2.95. The minimum atomic E-state index is -0.336. The van der Waals surface area contributed by atoms with Crippen molar-refractivity contribution in [2.24, 2.45) is 16.7 Å². The predicted molar refractivity (Wildman–Crippen MR) is 196 cm³/mol. The van der Waals surface area contributed by atoms with Crippen LogP contribution in [0, 0.1) is 16.7 Å². The maximum Gasteiger partial charge on any atom is 0.165 e. The average molecular weight is 629 g/mol. The van der Waals surface area contributed by atoms with Crippen LogP contribution in [0.5, 0.6) is 0 Å². The molecule has 0 spiro atoms. The molecular formula is C42H60O4. The summed E-state index contributed by atoms with van der Waals surface area (Å²) in [6.45, 7) is 19.7. The molecule has 252 valence electrons. The van der Waals surface area contributed by atoms with Gasteiger partial charge in [0, 0.05) is 32.1 Å². The maximum absolute atomic E-state index is 13.2. The van der Waals surface area contributed by atoms with Crippen molar-refractivity contribution >= 4 is 5.78 Å². The zero-order valence-electron chi connectivity index (χ0n) is 30.4. The van der Waals surface area contributed by atoms with Gasteiger partial charge in [0.25, 0.3) is 0 Å². The van der Waals surface area contributed by atoms with Gasteiger partial charge in [-0.1, -0.05) is 140 Å². The summed E-state index contributed by atoms with van der Waals surface area (Å²) in [5.74, 6) is 0.482. The summed E-state index contributed by atoms with van der Waals surface area (Å²) in [5, 5.41) is 10.2. The minimum Gasteiger partial charge on any atom is -0.393 e. The van der Waals surface area contributed by atoms with Gasteiger partial charge in [-0.05, 0) is 64.7 Å². The lowest BCUT2D eigenvalue weighted by Gasteiger charge is -2.39. The fourth-order valence-electron chi connectivity index (χ4n) is 6.66. The van der Waals surface area contributed by atoms with Gasteiger partial charge >= 0.3 is 0 Å². The number of aliphatic hydroxyl groups is 1. The van der Waals surface area contributed by atoms with E-state index in [1.54, 1.807) is 14.2 Å². The lowest BCUT2D eigenvalue weighted by atomic mass is 9.67. The number of rotatable bonds is 14. The van der Waals surface area contributed by atoms with Crippen molar-refractivity contribution in [3.8, 4) is 0 Å². The molecule has 2 unspecified atom stereocenters. The number of allylic oxidation sites excluding steroid dienone is 17. The topological polar surface area (TPSA) is 55.8 Å². The second kappa shape index (κ2) is 18.3. The molecule has 3 atom stereocenters. The largest absolute Gasteiger partial charge is 0.393 e. The molecule has 0 bridgehead atoms. The number of hydrogen-bond acceptors (Lipinski definition) is 4. The maximum atomic E-state index is 13.2. The third-order valence-electron chi connectivity index (χ3n) is 9.18. The quantitative estimate of drug-likeness (QED) is 0.118. The fraction of sp³-hybridized carbons (Fsp3) is 0.500. The van der Waals surface area contributed by atoms with Crippen LogP contribution in [-0.4, -0.2) is 43.9 Å². The predicted octanol–water partition coefficient (Wildman–Crippen LogP) is 10.1. The summed E-state index contributed by atoms with van der Waals surface area (Å²) in [4.78, 5) is 13.2. The van der Waals surface area contributed by atoms with Crippen LogP contribution in [0.2, 0.25) is 0 Å². The van der Waals surface area contributed by atoms with Crippen LogP contribution < -0.4 is 0 Å². The molecule has 0 fully saturated rings. The van der Waals surface area contributed by atoms with E-state index in [4.69, 9.17) is 9.47 Å². The van der Waals surface area contributed by atoms with Crippen LogP contribution in [0.25, 0.3) is 0 Å². The first-order valence-corrected chi connectivity index (χ1v) is 16.6. The van der Waals surface area contributed by atoms with Gasteiger partial charge in [-0.2, -0.15) is 0 Å². The Labute approximate surface area is 280 Å². The summed E-state index contributed by atoms with van der Waals surface area (Å²) < 4.78 is 10.9. The number of hydrogen-bond donors (Lipinski definition) is 1. The highest BCUT2D eigenvalue weighted by atomic mass is 16.5. The Hall–Kier alpha value is -3.05. The van der Waals surface area contributed by atoms with Gasteiger partial charge in [-0.25, -0.2) is 0 Å². The molecular weight excluding hydrogens is 568 g/mol. The molecule has 0 aromatic rings. The molecule has 0 radical (unpaired) electrons. The van der Waals surface area contributed by atoms with E-state index in [1.165, 1.54) is 11.1 Å². The number of ether oxygens (including phenoxy) is 2. The summed E-state index contributed by atoms with van der Waals surface area (Å²) in [5.41, 5.74) is 7.73. The first-order valence-electron chi connectivity index (χ1n) is 16.6. The number of aliphatic hydroxyl groups excluding tert-OH is 1. The monoisotopic (exact) mass is 628 g/mol. The van der Waals surface area contributed by atoms with Gasteiger partial charge in [0.1, 0.15) is 0 Å². The molecule has 2 aliphatic rings. The van der Waals surface area contributed by atoms with Crippen LogP contribution in [0.1, 0.15) is 88.0 Å². The molecule has 1 N–H and O–H groups in total. The summed E-state index contributed by atoms with van der Waals surface area (Å²) in [6, 6.07) is 0. The van der Waals surface area contributed by atoms with Gasteiger partial charge in [0.15, 0.2) is 5.78 Å². The number of methoxy groups -OCH3 is 2. The highest BCUT2D eigenvalue weighted by Crippen LogP contribution is 2.43. The second-order valence-corrected chi connectivity index (χ2v) is 14.5. The first-order chi connectivity index (χ1) is 21.6. The zero-order chi connectivity index (χ0) is 34.5. The summed E-state index contributed by atoms with van der Waals surface area (Å²) >= 11 is 0. The minimum absolute atomic E-state index is 0.0719. The van der Waals surface area contributed by atoms with Crippen LogP contribution >= 0.6 is 0 Å². The van der Waals surface area contributed by atoms with E-state index in [-0.39, 0.29) is 35.4 Å². The Morgan fingerprint density at radius 2 is 1.43 bits per heavy atom. The van der Waals surface area contributed by atoms with E-state index in [9.17, 15) is 9.90 Å². The molecule has 2 rings (SSSR count). The Kier molecular flexibility index (Phi) is 15.6. The second-order valence-electron chi connectivity index (χ2n) is 14.5. The van der Waals surface area contributed by atoms with Crippen LogP contribution in [0.4, 0.5) is 0 Å². The molecule has 0 amide bonds. The Balaban J connectivity index is 1.97. The molecule has 0 saturated carbocycles. The van der Waals surface area contributed by atoms with E-state index in [0.29, 0.717) is 30.8 Å². The smallest absolute Gasteiger partial charge is 0.165 e. The fourth-order valence-corrected chi connectivity index (χ4v) is 6.66. The molecule has 0 aromatic heterocycles. The summed E-state index contributed by atoms with van der Waals surface area (Å²) in [7, 11) is 3.40. The third-order valence-corrected chi connectivity index (χ3v) is 9.18. The van der Waals surface area contributed by atoms with Gasteiger partial charge < -0.3 is 14.6 Å². The number of carbonyl (C=O) groups excluding carboxylic acids is 1. The molecule has 4 nitrogen and oxygen atoms in total. The highest BCUT2D eigenvalue weighted by Gasteiger charge is 2.35. The zero-order valence-corrected chi connectivity index (χ0v) is 30.4. The highest BCUT2D eigenvalue weighted by molar-refractivity contribution is 5.97. The van der Waals surface area contributed by atoms with Gasteiger partial charge in [-0.3, -0.25) is 4.79 Å². The van der Waals surface area contributed by atoms with Crippen molar-refractivity contribution in [2.45, 2.75) is 100 Å². The van der Waals surface area contributed by atoms with E-state index in [1.807, 2.05) is 50.3 Å². The Morgan fingerprint density at radius 1 is 0.870 bits per heavy atom. The van der Waals surface area contributed by atoms with Crippen molar-refractivity contribution in [2.75, 3.05) is 20.8 Å². The van der Waals surface area contributed by atoms with Gasteiger partial charge in [-0.15, -0.1) is 0 Å². The van der Waals surface area contributed by atoms with Crippen molar-refractivity contribution in [1.82, 2.24) is 0 Å². The molecule has 4 heteroatoms. The van der Waals surface area contributed by atoms with E-state index in [0.717, 1.165) is 28.7 Å². The van der Waals surface area contributed by atoms with Crippen molar-refractivity contribution in [1.29, 1.82) is 0 Å². The lowest BCUT2D eigenvalue weighted by molar-refractivity contribution is -0.115. The van der Waals surface area contributed by atoms with Crippen molar-refractivity contribution in [3.63, 3.8) is 0 Å². The lowest BCUT2D eigenvalue weighted by Crippen LogP contribution is -2.33. The number of Topliss-reactive ketones (excluding diaryl/α,β-unsaturated/α-hetero) is 1. The molecule has 0 heterocycles. The van der Waals surface area contributed by atoms with Gasteiger partial charge in [0.2, 0.25) is 0 Å². The van der Waals surface area contributed by atoms with Gasteiger partial charge in [0.05, 0.1) is 18.8 Å². The molecule has 2 aliphatic carbocycles. The third kappa shape index (κ3) is 12.6. The van der Waals surface area contributed by atoms with Crippen LogP contribution in [0.15, 0.2) is 118 Å². The molecule has 0 aromatic carbocycles. The molecule has 0 aliphatic heterocycles. The normalized spacial score (nSPS) is 25.0. The molecule has 0 saturated heterocycles. The first kappa shape index (κ1) is 39.1. The van der Waals surface area contributed by atoms with E-state index in [2.05, 4.69) is 91.0 Å². The Bertz CT molecular complexity index is 1360. The number of carbonyl (C=O) groups is 1. The van der Waals surface area contributed by atoms with Crippen molar-refractivity contribution in [3.05, 3.63) is 118 Å². The molecule has 46 heavy (non-hydrogen) atoms. The SMILES string of the molecule is COC\C(=C/C=C/C(C)=C/C=C/C=C(C)/C=C/C=C(C)/C=C/[C@H]1C(C)=CC(OC)CC1(C)C)C(=O)CC1=C(C)CC(O)CC1(C)C. The Morgan fingerprint density at radius 3 is 1.98 bits per heavy atom. The van der Waals surface area contributed by atoms with E-state index >= 15 is 0 Å². The van der Waals surface area contributed by atoms with Crippen molar-refractivity contribution < 1.29 is 19.4 Å². The standard InChI is InChI=1S/C42H60O4/c1-30(18-14-19-32(3)22-23-38-34(5)25-37(46-11)28-42(38,8)9)16-12-13-17-31(2)20-15-21-35(29-45-10)40(44)26-39-33(4)24-36(43)27-41(39,6)7/h12-23,25,36-38,43H,24,26-29H2,1-11H3/b13-12+,18-14+,20-15+,23-22+,30-16+,31-17+,32-19+,35-21+/t36?,37?,38-/m0/s1. The summed E-state index contributed by atoms with van der Waals surface area (Å²) in [6.07, 6.45) is 29.7. The van der Waals surface area contributed by atoms with E-state index < -0.39 is 0 Å². The van der Waals surface area contributed by atoms with Crippen LogP contribution in [-0.2, 0) is 14.3 Å². The number of ketones is 1.